The summed E-state index contributed by atoms with van der Waals surface area (Å²) < 4.78 is 11.9. The van der Waals surface area contributed by atoms with Gasteiger partial charge in [-0.3, -0.25) is 4.79 Å². The van der Waals surface area contributed by atoms with Crippen molar-refractivity contribution in [2.75, 3.05) is 0 Å². The zero-order valence-electron chi connectivity index (χ0n) is 4.10. The number of rotatable bonds is 0. The van der Waals surface area contributed by atoms with Crippen LogP contribution in [0.1, 0.15) is 6.42 Å². The standard InChI is InChI=1S/C5H4FNO/c6-5-4(8)2-1-3-7-5/h1,3H,2H2. The van der Waals surface area contributed by atoms with Crippen molar-refractivity contribution in [1.82, 2.24) is 0 Å². The first-order valence-electron chi connectivity index (χ1n) is 2.22. The summed E-state index contributed by atoms with van der Waals surface area (Å²) in [4.78, 5) is 13.4. The third kappa shape index (κ3) is 0.804. The van der Waals surface area contributed by atoms with Crippen molar-refractivity contribution in [2.45, 2.75) is 6.42 Å². The molecule has 0 fully saturated rings. The van der Waals surface area contributed by atoms with Gasteiger partial charge >= 0.3 is 0 Å². The van der Waals surface area contributed by atoms with Gasteiger partial charge in [-0.1, -0.05) is 6.08 Å². The predicted molar refractivity (Wildman–Crippen MR) is 27.3 cm³/mol. The Balaban J connectivity index is 2.80. The molecule has 0 bridgehead atoms. The van der Waals surface area contributed by atoms with Crippen LogP contribution in [0, 0.1) is 0 Å². The van der Waals surface area contributed by atoms with Crippen LogP contribution in [0.4, 0.5) is 4.39 Å². The highest BCUT2D eigenvalue weighted by Gasteiger charge is 2.09. The van der Waals surface area contributed by atoms with E-state index in [1.807, 2.05) is 0 Å². The van der Waals surface area contributed by atoms with E-state index in [2.05, 4.69) is 4.99 Å². The number of halogens is 1. The minimum absolute atomic E-state index is 0.148. The molecule has 2 nitrogen and oxygen atoms in total. The van der Waals surface area contributed by atoms with Crippen LogP contribution >= 0.6 is 0 Å². The SMILES string of the molecule is O=C1CC=CN=C1F. The molecule has 3 heteroatoms. The average Bonchev–Trinajstić information content (AvgIpc) is 1.77. The molecule has 0 aromatic heterocycles. The van der Waals surface area contributed by atoms with Gasteiger partial charge in [0.25, 0.3) is 5.97 Å². The number of hydrogen-bond donors (Lipinski definition) is 0. The predicted octanol–water partition coefficient (Wildman–Crippen LogP) is 0.841. The summed E-state index contributed by atoms with van der Waals surface area (Å²) in [5, 5.41) is 0. The third-order valence-electron chi connectivity index (χ3n) is 0.827. The first kappa shape index (κ1) is 5.15. The summed E-state index contributed by atoms with van der Waals surface area (Å²) in [6.45, 7) is 0. The fourth-order valence-electron chi connectivity index (χ4n) is 0.434. The van der Waals surface area contributed by atoms with E-state index in [4.69, 9.17) is 0 Å². The molecule has 0 amide bonds. The highest BCUT2D eigenvalue weighted by molar-refractivity contribution is 6.36. The van der Waals surface area contributed by atoms with Crippen molar-refractivity contribution in [1.29, 1.82) is 0 Å². The minimum atomic E-state index is -0.882. The topological polar surface area (TPSA) is 29.4 Å². The average molecular weight is 113 g/mol. The zero-order valence-corrected chi connectivity index (χ0v) is 4.10. The summed E-state index contributed by atoms with van der Waals surface area (Å²) in [7, 11) is 0. The number of Topliss-reactive ketones (excluding diaryl/α,β-unsaturated/α-hetero) is 1. The van der Waals surface area contributed by atoms with E-state index in [-0.39, 0.29) is 6.42 Å². The van der Waals surface area contributed by atoms with Crippen LogP contribution < -0.4 is 0 Å². The molecule has 0 unspecified atom stereocenters. The van der Waals surface area contributed by atoms with E-state index in [9.17, 15) is 9.18 Å². The molecule has 0 aliphatic carbocycles. The second-order valence-corrected chi connectivity index (χ2v) is 1.43. The molecule has 1 heterocycles. The molecule has 1 rings (SSSR count). The van der Waals surface area contributed by atoms with Crippen LogP contribution in [0.5, 0.6) is 0 Å². The molecule has 0 aromatic carbocycles. The number of allylic oxidation sites excluding steroid dienone is 1. The van der Waals surface area contributed by atoms with E-state index in [1.165, 1.54) is 12.3 Å². The Hall–Kier alpha value is -0.990. The van der Waals surface area contributed by atoms with Crippen LogP contribution in [-0.2, 0) is 4.79 Å². The van der Waals surface area contributed by atoms with Crippen LogP contribution in [0.2, 0.25) is 0 Å². The highest BCUT2D eigenvalue weighted by Crippen LogP contribution is 1.98. The van der Waals surface area contributed by atoms with Gasteiger partial charge in [-0.15, -0.1) is 0 Å². The quantitative estimate of drug-likeness (QED) is 0.457. The van der Waals surface area contributed by atoms with Crippen LogP contribution in [0.15, 0.2) is 17.3 Å². The number of carbonyl (C=O) groups excluding carboxylic acids is 1. The maximum atomic E-state index is 11.9. The molecule has 0 atom stereocenters. The third-order valence-corrected chi connectivity index (χ3v) is 0.827. The van der Waals surface area contributed by atoms with Gasteiger partial charge in [-0.2, -0.15) is 4.39 Å². The lowest BCUT2D eigenvalue weighted by Crippen LogP contribution is -2.08. The lowest BCUT2D eigenvalue weighted by atomic mass is 10.2. The van der Waals surface area contributed by atoms with Gasteiger partial charge in [-0.25, -0.2) is 4.99 Å². The molecule has 8 heavy (non-hydrogen) atoms. The van der Waals surface area contributed by atoms with Crippen molar-refractivity contribution in [3.63, 3.8) is 0 Å². The molecular formula is C5H4FNO. The number of aliphatic imine (C=N–C) groups is 1. The molecule has 0 aromatic rings. The molecule has 0 N–H and O–H groups in total. The molecule has 1 aliphatic rings. The highest BCUT2D eigenvalue weighted by atomic mass is 19.1. The fourth-order valence-corrected chi connectivity index (χ4v) is 0.434. The second kappa shape index (κ2) is 1.86. The van der Waals surface area contributed by atoms with Gasteiger partial charge in [0.1, 0.15) is 0 Å². The van der Waals surface area contributed by atoms with E-state index < -0.39 is 11.7 Å². The van der Waals surface area contributed by atoms with E-state index in [1.54, 1.807) is 0 Å². The van der Waals surface area contributed by atoms with Gasteiger partial charge < -0.3 is 0 Å². The van der Waals surface area contributed by atoms with Gasteiger partial charge in [0.05, 0.1) is 0 Å². The first-order chi connectivity index (χ1) is 3.80. The van der Waals surface area contributed by atoms with Crippen LogP contribution in [-0.4, -0.2) is 11.7 Å². The van der Waals surface area contributed by atoms with Crippen LogP contribution in [0.3, 0.4) is 0 Å². The number of hydrogen-bond acceptors (Lipinski definition) is 2. The Morgan fingerprint density at radius 1 is 1.75 bits per heavy atom. The van der Waals surface area contributed by atoms with Crippen molar-refractivity contribution in [3.05, 3.63) is 12.3 Å². The molecule has 0 saturated heterocycles. The molecular weight excluding hydrogens is 109 g/mol. The maximum Gasteiger partial charge on any atom is 0.256 e. The van der Waals surface area contributed by atoms with Crippen molar-refractivity contribution in [3.8, 4) is 0 Å². The Bertz CT molecular complexity index is 171. The number of carbonyl (C=O) groups is 1. The fraction of sp³-hybridized carbons (Fsp3) is 0.200. The van der Waals surface area contributed by atoms with Crippen molar-refractivity contribution < 1.29 is 9.18 Å². The van der Waals surface area contributed by atoms with Gasteiger partial charge in [0.15, 0.2) is 0 Å². The molecule has 1 aliphatic heterocycles. The lowest BCUT2D eigenvalue weighted by Gasteiger charge is -1.93. The van der Waals surface area contributed by atoms with E-state index >= 15 is 0 Å². The van der Waals surface area contributed by atoms with Gasteiger partial charge in [0.2, 0.25) is 5.78 Å². The smallest absolute Gasteiger partial charge is 0.256 e. The number of ketones is 1. The molecule has 0 saturated carbocycles. The Labute approximate surface area is 45.7 Å². The maximum absolute atomic E-state index is 11.9. The van der Waals surface area contributed by atoms with E-state index in [0.717, 1.165) is 0 Å². The Morgan fingerprint density at radius 3 is 2.88 bits per heavy atom. The van der Waals surface area contributed by atoms with Crippen LogP contribution in [0.25, 0.3) is 0 Å². The largest absolute Gasteiger partial charge is 0.289 e. The second-order valence-electron chi connectivity index (χ2n) is 1.43. The Kier molecular flexibility index (Phi) is 1.20. The summed E-state index contributed by atoms with van der Waals surface area (Å²) in [5.74, 6) is -1.42. The van der Waals surface area contributed by atoms with Gasteiger partial charge in [-0.05, 0) is 0 Å². The monoisotopic (exact) mass is 113 g/mol. The molecule has 0 radical (unpaired) electrons. The zero-order chi connectivity index (χ0) is 5.98. The summed E-state index contributed by atoms with van der Waals surface area (Å²) >= 11 is 0. The van der Waals surface area contributed by atoms with E-state index in [0.29, 0.717) is 0 Å². The van der Waals surface area contributed by atoms with Crippen molar-refractivity contribution in [2.24, 2.45) is 4.99 Å². The molecule has 0 spiro atoms. The minimum Gasteiger partial charge on any atom is -0.289 e. The Morgan fingerprint density at radius 2 is 2.50 bits per heavy atom. The lowest BCUT2D eigenvalue weighted by molar-refractivity contribution is -0.112. The normalized spacial score (nSPS) is 18.6. The van der Waals surface area contributed by atoms with Gasteiger partial charge in [0, 0.05) is 12.6 Å². The molecule has 42 valence electrons. The summed E-state index contributed by atoms with van der Waals surface area (Å²) in [6, 6.07) is 0. The number of nitrogens with zero attached hydrogens (tertiary/aromatic N) is 1. The first-order valence-corrected chi connectivity index (χ1v) is 2.22. The summed E-state index contributed by atoms with van der Waals surface area (Å²) in [6.07, 6.45) is 2.96. The summed E-state index contributed by atoms with van der Waals surface area (Å²) in [5.41, 5.74) is 0. The van der Waals surface area contributed by atoms with Crippen molar-refractivity contribution >= 4 is 11.7 Å².